The molecule has 2 rings (SSSR count). The quantitative estimate of drug-likeness (QED) is 0.732. The molecule has 3 N–H and O–H groups in total. The number of phenolic OH excluding ortho intramolecular Hbond substituents is 1. The molecular weight excluding hydrogens is 294 g/mol. The summed E-state index contributed by atoms with van der Waals surface area (Å²) in [5.41, 5.74) is 1.66. The second-order valence-electron chi connectivity index (χ2n) is 5.35. The van der Waals surface area contributed by atoms with Crippen molar-refractivity contribution in [2.75, 3.05) is 20.8 Å². The van der Waals surface area contributed by atoms with Crippen LogP contribution in [0, 0.1) is 0 Å². The number of aromatic hydroxyl groups is 1. The van der Waals surface area contributed by atoms with E-state index in [0.29, 0.717) is 12.3 Å². The van der Waals surface area contributed by atoms with E-state index in [1.807, 2.05) is 31.2 Å². The van der Waals surface area contributed by atoms with Crippen molar-refractivity contribution in [2.45, 2.75) is 19.1 Å². The molecule has 0 aromatic heterocycles. The summed E-state index contributed by atoms with van der Waals surface area (Å²) in [7, 11) is 3.20. The fourth-order valence-corrected chi connectivity index (χ4v) is 2.40. The van der Waals surface area contributed by atoms with E-state index in [-0.39, 0.29) is 11.8 Å². The van der Waals surface area contributed by atoms with Crippen LogP contribution in [0.1, 0.15) is 30.2 Å². The minimum Gasteiger partial charge on any atom is -0.508 e. The van der Waals surface area contributed by atoms with Crippen molar-refractivity contribution in [3.05, 3.63) is 53.6 Å². The monoisotopic (exact) mass is 317 g/mol. The van der Waals surface area contributed by atoms with Crippen molar-refractivity contribution < 1.29 is 19.7 Å². The Morgan fingerprint density at radius 2 is 1.74 bits per heavy atom. The molecule has 0 saturated carbocycles. The predicted octanol–water partition coefficient (Wildman–Crippen LogP) is 2.79. The van der Waals surface area contributed by atoms with Crippen LogP contribution in [0.4, 0.5) is 0 Å². The lowest BCUT2D eigenvalue weighted by Gasteiger charge is -2.20. The summed E-state index contributed by atoms with van der Waals surface area (Å²) < 4.78 is 10.4. The normalized spacial score (nSPS) is 13.4. The molecule has 5 nitrogen and oxygen atoms in total. The Labute approximate surface area is 136 Å². The van der Waals surface area contributed by atoms with Crippen molar-refractivity contribution in [3.63, 3.8) is 0 Å². The molecule has 124 valence electrons. The molecule has 0 bridgehead atoms. The maximum atomic E-state index is 10.3. The van der Waals surface area contributed by atoms with Gasteiger partial charge in [0, 0.05) is 18.2 Å². The largest absolute Gasteiger partial charge is 0.508 e. The van der Waals surface area contributed by atoms with E-state index in [2.05, 4.69) is 5.32 Å². The van der Waals surface area contributed by atoms with Gasteiger partial charge >= 0.3 is 0 Å². The van der Waals surface area contributed by atoms with Gasteiger partial charge in [-0.3, -0.25) is 0 Å². The average Bonchev–Trinajstić information content (AvgIpc) is 2.59. The van der Waals surface area contributed by atoms with Gasteiger partial charge in [0.25, 0.3) is 0 Å². The fraction of sp³-hybridized carbons (Fsp3) is 0.333. The molecule has 2 aromatic carbocycles. The zero-order valence-electron chi connectivity index (χ0n) is 13.6. The molecule has 0 aliphatic heterocycles. The van der Waals surface area contributed by atoms with Crippen molar-refractivity contribution >= 4 is 0 Å². The summed E-state index contributed by atoms with van der Waals surface area (Å²) in [5.74, 6) is 1.64. The Morgan fingerprint density at radius 1 is 1.04 bits per heavy atom. The van der Waals surface area contributed by atoms with E-state index in [0.717, 1.165) is 16.9 Å². The number of phenols is 1. The Morgan fingerprint density at radius 3 is 2.35 bits per heavy atom. The molecule has 0 fully saturated rings. The van der Waals surface area contributed by atoms with Crippen molar-refractivity contribution in [1.29, 1.82) is 0 Å². The van der Waals surface area contributed by atoms with Gasteiger partial charge in [0.05, 0.1) is 20.3 Å². The molecule has 0 unspecified atom stereocenters. The van der Waals surface area contributed by atoms with Gasteiger partial charge in [-0.15, -0.1) is 0 Å². The lowest BCUT2D eigenvalue weighted by Crippen LogP contribution is -2.25. The van der Waals surface area contributed by atoms with E-state index in [4.69, 9.17) is 9.47 Å². The molecule has 2 aromatic rings. The Balaban J connectivity index is 2.00. The minimum atomic E-state index is -0.633. The molecule has 5 heteroatoms. The minimum absolute atomic E-state index is 0.0788. The lowest BCUT2D eigenvalue weighted by atomic mass is 10.1. The van der Waals surface area contributed by atoms with Gasteiger partial charge in [0.1, 0.15) is 17.2 Å². The molecule has 0 spiro atoms. The maximum absolute atomic E-state index is 10.3. The van der Waals surface area contributed by atoms with Gasteiger partial charge in [-0.05, 0) is 42.8 Å². The number of aliphatic hydroxyl groups excluding tert-OH is 1. The topological polar surface area (TPSA) is 71.0 Å². The number of hydrogen-bond donors (Lipinski definition) is 3. The van der Waals surface area contributed by atoms with E-state index >= 15 is 0 Å². The molecule has 0 heterocycles. The highest BCUT2D eigenvalue weighted by Crippen LogP contribution is 2.29. The zero-order chi connectivity index (χ0) is 16.8. The number of benzene rings is 2. The van der Waals surface area contributed by atoms with E-state index in [1.165, 1.54) is 0 Å². The van der Waals surface area contributed by atoms with E-state index in [1.54, 1.807) is 32.4 Å². The van der Waals surface area contributed by atoms with Gasteiger partial charge in [0.15, 0.2) is 0 Å². The third kappa shape index (κ3) is 4.37. The first kappa shape index (κ1) is 17.1. The Bertz CT molecular complexity index is 627. The van der Waals surface area contributed by atoms with Crippen LogP contribution in [0.25, 0.3) is 0 Å². The van der Waals surface area contributed by atoms with E-state index < -0.39 is 6.10 Å². The van der Waals surface area contributed by atoms with Gasteiger partial charge in [-0.1, -0.05) is 12.1 Å². The molecule has 2 atom stereocenters. The van der Waals surface area contributed by atoms with Crippen LogP contribution in [0.15, 0.2) is 42.5 Å². The van der Waals surface area contributed by atoms with Gasteiger partial charge in [-0.25, -0.2) is 0 Å². The smallest absolute Gasteiger partial charge is 0.123 e. The van der Waals surface area contributed by atoms with Crippen LogP contribution < -0.4 is 14.8 Å². The highest BCUT2D eigenvalue weighted by molar-refractivity contribution is 5.41. The van der Waals surface area contributed by atoms with Crippen LogP contribution in [0.2, 0.25) is 0 Å². The van der Waals surface area contributed by atoms with Gasteiger partial charge in [-0.2, -0.15) is 0 Å². The summed E-state index contributed by atoms with van der Waals surface area (Å²) >= 11 is 0. The summed E-state index contributed by atoms with van der Waals surface area (Å²) in [6.45, 7) is 2.34. The van der Waals surface area contributed by atoms with Crippen molar-refractivity contribution in [1.82, 2.24) is 5.32 Å². The first-order valence-electron chi connectivity index (χ1n) is 7.47. The summed E-state index contributed by atoms with van der Waals surface area (Å²) in [4.78, 5) is 0. The second kappa shape index (κ2) is 7.85. The molecule has 0 aliphatic carbocycles. The van der Waals surface area contributed by atoms with Crippen LogP contribution in [0.5, 0.6) is 17.2 Å². The first-order valence-corrected chi connectivity index (χ1v) is 7.47. The molecule has 23 heavy (non-hydrogen) atoms. The molecule has 0 radical (unpaired) electrons. The lowest BCUT2D eigenvalue weighted by molar-refractivity contribution is 0.170. The first-order chi connectivity index (χ1) is 11.0. The summed E-state index contributed by atoms with van der Waals surface area (Å²) in [6, 6.07) is 12.2. The number of methoxy groups -OCH3 is 2. The Kier molecular flexibility index (Phi) is 5.84. The number of hydrogen-bond acceptors (Lipinski definition) is 5. The fourth-order valence-electron chi connectivity index (χ4n) is 2.40. The number of rotatable bonds is 7. The standard InChI is InChI=1S/C18H23NO4/c1-12(16-10-14(20)6-9-18(16)23-3)19-11-17(21)13-4-7-15(22-2)8-5-13/h4-10,12,17,19-21H,11H2,1-3H3/t12-,17-/m0/s1. The summed E-state index contributed by atoms with van der Waals surface area (Å²) in [5, 5.41) is 23.2. The van der Waals surface area contributed by atoms with Crippen LogP contribution in [-0.2, 0) is 0 Å². The van der Waals surface area contributed by atoms with Gasteiger partial charge < -0.3 is 25.0 Å². The highest BCUT2D eigenvalue weighted by atomic mass is 16.5. The SMILES string of the molecule is COc1ccc([C@@H](O)CN[C@@H](C)c2cc(O)ccc2OC)cc1. The summed E-state index contributed by atoms with van der Waals surface area (Å²) in [6.07, 6.45) is -0.633. The second-order valence-corrected chi connectivity index (χ2v) is 5.35. The maximum Gasteiger partial charge on any atom is 0.123 e. The molecule has 0 amide bonds. The molecular formula is C18H23NO4. The number of nitrogens with one attached hydrogen (secondary N) is 1. The van der Waals surface area contributed by atoms with E-state index in [9.17, 15) is 10.2 Å². The Hall–Kier alpha value is -2.24. The van der Waals surface area contributed by atoms with Crippen LogP contribution >= 0.6 is 0 Å². The van der Waals surface area contributed by atoms with Crippen molar-refractivity contribution in [3.8, 4) is 17.2 Å². The highest BCUT2D eigenvalue weighted by Gasteiger charge is 2.14. The third-order valence-corrected chi connectivity index (χ3v) is 3.80. The third-order valence-electron chi connectivity index (χ3n) is 3.80. The van der Waals surface area contributed by atoms with Crippen molar-refractivity contribution in [2.24, 2.45) is 0 Å². The zero-order valence-corrected chi connectivity index (χ0v) is 13.6. The molecule has 0 aliphatic rings. The average molecular weight is 317 g/mol. The number of aliphatic hydroxyl groups is 1. The van der Waals surface area contributed by atoms with Crippen LogP contribution in [0.3, 0.4) is 0 Å². The molecule has 0 saturated heterocycles. The number of ether oxygens (including phenoxy) is 2. The van der Waals surface area contributed by atoms with Crippen LogP contribution in [-0.4, -0.2) is 31.0 Å². The van der Waals surface area contributed by atoms with Gasteiger partial charge in [0.2, 0.25) is 0 Å². The predicted molar refractivity (Wildman–Crippen MR) is 89.0 cm³/mol.